The van der Waals surface area contributed by atoms with Gasteiger partial charge in [-0.25, -0.2) is 0 Å². The molecule has 0 aromatic rings. The lowest BCUT2D eigenvalue weighted by molar-refractivity contribution is -0.142. The molecule has 1 amide bonds. The van der Waals surface area contributed by atoms with Gasteiger partial charge in [0.1, 0.15) is 0 Å². The average molecular weight is 241 g/mol. The SMILES string of the molecule is CCC(C)CC(=O)NC1CCC(C(=O)O)CC1. The lowest BCUT2D eigenvalue weighted by atomic mass is 9.86. The van der Waals surface area contributed by atoms with Crippen LogP contribution in [0.15, 0.2) is 0 Å². The predicted molar refractivity (Wildman–Crippen MR) is 65.6 cm³/mol. The molecule has 0 aromatic carbocycles. The normalized spacial score (nSPS) is 26.2. The third-order valence-corrected chi connectivity index (χ3v) is 3.67. The maximum absolute atomic E-state index is 11.7. The Hall–Kier alpha value is -1.06. The largest absolute Gasteiger partial charge is 0.481 e. The summed E-state index contributed by atoms with van der Waals surface area (Å²) < 4.78 is 0. The van der Waals surface area contributed by atoms with E-state index in [2.05, 4.69) is 19.2 Å². The van der Waals surface area contributed by atoms with Crippen molar-refractivity contribution in [2.75, 3.05) is 0 Å². The Kier molecular flexibility index (Phi) is 5.45. The Morgan fingerprint density at radius 3 is 2.35 bits per heavy atom. The Balaban J connectivity index is 2.26. The number of carboxylic acid groups (broad SMARTS) is 1. The van der Waals surface area contributed by atoms with E-state index in [-0.39, 0.29) is 17.9 Å². The van der Waals surface area contributed by atoms with Crippen molar-refractivity contribution in [1.29, 1.82) is 0 Å². The second-order valence-electron chi connectivity index (χ2n) is 5.17. The van der Waals surface area contributed by atoms with Crippen molar-refractivity contribution >= 4 is 11.9 Å². The average Bonchev–Trinajstić information content (AvgIpc) is 2.29. The van der Waals surface area contributed by atoms with Crippen LogP contribution in [0.5, 0.6) is 0 Å². The summed E-state index contributed by atoms with van der Waals surface area (Å²) in [5.74, 6) is -0.379. The molecule has 0 bridgehead atoms. The first-order valence-corrected chi connectivity index (χ1v) is 6.55. The van der Waals surface area contributed by atoms with Gasteiger partial charge in [-0.2, -0.15) is 0 Å². The fourth-order valence-corrected chi connectivity index (χ4v) is 2.23. The van der Waals surface area contributed by atoms with E-state index in [1.54, 1.807) is 0 Å². The molecule has 0 saturated heterocycles. The molecule has 1 fully saturated rings. The fourth-order valence-electron chi connectivity index (χ4n) is 2.23. The van der Waals surface area contributed by atoms with Gasteiger partial charge in [0, 0.05) is 12.5 Å². The summed E-state index contributed by atoms with van der Waals surface area (Å²) in [6.45, 7) is 4.15. The third kappa shape index (κ3) is 4.75. The minimum Gasteiger partial charge on any atom is -0.481 e. The summed E-state index contributed by atoms with van der Waals surface area (Å²) in [6.07, 6.45) is 4.55. The summed E-state index contributed by atoms with van der Waals surface area (Å²) >= 11 is 0. The van der Waals surface area contributed by atoms with Gasteiger partial charge in [-0.3, -0.25) is 9.59 Å². The number of amides is 1. The number of rotatable bonds is 5. The molecule has 0 aliphatic heterocycles. The molecule has 0 heterocycles. The molecular weight excluding hydrogens is 218 g/mol. The standard InChI is InChI=1S/C13H23NO3/c1-3-9(2)8-12(15)14-11-6-4-10(5-7-11)13(16)17/h9-11H,3-8H2,1-2H3,(H,14,15)(H,16,17). The Morgan fingerprint density at radius 2 is 1.88 bits per heavy atom. The highest BCUT2D eigenvalue weighted by Gasteiger charge is 2.26. The maximum Gasteiger partial charge on any atom is 0.306 e. The van der Waals surface area contributed by atoms with Crippen LogP contribution in [0.1, 0.15) is 52.4 Å². The van der Waals surface area contributed by atoms with Crippen molar-refractivity contribution in [1.82, 2.24) is 5.32 Å². The highest BCUT2D eigenvalue weighted by Crippen LogP contribution is 2.24. The van der Waals surface area contributed by atoms with Gasteiger partial charge in [0.15, 0.2) is 0 Å². The summed E-state index contributed by atoms with van der Waals surface area (Å²) in [5.41, 5.74) is 0. The van der Waals surface area contributed by atoms with Crippen LogP contribution in [0.25, 0.3) is 0 Å². The van der Waals surface area contributed by atoms with E-state index in [0.29, 0.717) is 25.2 Å². The zero-order valence-electron chi connectivity index (χ0n) is 10.7. The van der Waals surface area contributed by atoms with Crippen molar-refractivity contribution in [3.63, 3.8) is 0 Å². The molecule has 98 valence electrons. The van der Waals surface area contributed by atoms with Crippen LogP contribution in [0.2, 0.25) is 0 Å². The lowest BCUT2D eigenvalue weighted by Gasteiger charge is -2.27. The van der Waals surface area contributed by atoms with Gasteiger partial charge >= 0.3 is 5.97 Å². The molecule has 0 radical (unpaired) electrons. The molecule has 1 unspecified atom stereocenters. The Labute approximate surface area is 103 Å². The van der Waals surface area contributed by atoms with E-state index in [4.69, 9.17) is 5.11 Å². The topological polar surface area (TPSA) is 66.4 Å². The number of nitrogens with one attached hydrogen (secondary N) is 1. The molecule has 4 heteroatoms. The summed E-state index contributed by atoms with van der Waals surface area (Å²) in [6, 6.07) is 0.183. The van der Waals surface area contributed by atoms with Gasteiger partial charge < -0.3 is 10.4 Å². The lowest BCUT2D eigenvalue weighted by Crippen LogP contribution is -2.39. The zero-order valence-corrected chi connectivity index (χ0v) is 10.7. The van der Waals surface area contributed by atoms with E-state index in [1.165, 1.54) is 0 Å². The highest BCUT2D eigenvalue weighted by atomic mass is 16.4. The van der Waals surface area contributed by atoms with Crippen LogP contribution >= 0.6 is 0 Å². The smallest absolute Gasteiger partial charge is 0.306 e. The molecule has 1 rings (SSSR count). The number of hydrogen-bond acceptors (Lipinski definition) is 2. The molecule has 17 heavy (non-hydrogen) atoms. The molecular formula is C13H23NO3. The van der Waals surface area contributed by atoms with Crippen LogP contribution in [-0.2, 0) is 9.59 Å². The molecule has 2 N–H and O–H groups in total. The van der Waals surface area contributed by atoms with Crippen molar-refractivity contribution < 1.29 is 14.7 Å². The first kappa shape index (κ1) is 14.0. The number of hydrogen-bond donors (Lipinski definition) is 2. The Morgan fingerprint density at radius 1 is 1.29 bits per heavy atom. The van der Waals surface area contributed by atoms with E-state index in [1.807, 2.05) is 0 Å². The Bertz CT molecular complexity index is 270. The second kappa shape index (κ2) is 6.62. The maximum atomic E-state index is 11.7. The third-order valence-electron chi connectivity index (χ3n) is 3.67. The van der Waals surface area contributed by atoms with E-state index in [9.17, 15) is 9.59 Å². The molecule has 1 aliphatic rings. The van der Waals surface area contributed by atoms with Gasteiger partial charge in [-0.05, 0) is 31.6 Å². The van der Waals surface area contributed by atoms with Crippen molar-refractivity contribution in [3.05, 3.63) is 0 Å². The molecule has 1 atom stereocenters. The van der Waals surface area contributed by atoms with Gasteiger partial charge in [-0.1, -0.05) is 20.3 Å². The van der Waals surface area contributed by atoms with Crippen LogP contribution in [0, 0.1) is 11.8 Å². The number of carboxylic acids is 1. The quantitative estimate of drug-likeness (QED) is 0.775. The van der Waals surface area contributed by atoms with E-state index < -0.39 is 5.97 Å². The highest BCUT2D eigenvalue weighted by molar-refractivity contribution is 5.76. The monoisotopic (exact) mass is 241 g/mol. The minimum absolute atomic E-state index is 0.109. The summed E-state index contributed by atoms with van der Waals surface area (Å²) in [7, 11) is 0. The van der Waals surface area contributed by atoms with Crippen LogP contribution in [0.4, 0.5) is 0 Å². The van der Waals surface area contributed by atoms with E-state index >= 15 is 0 Å². The van der Waals surface area contributed by atoms with Gasteiger partial charge in [-0.15, -0.1) is 0 Å². The van der Waals surface area contributed by atoms with Crippen molar-refractivity contribution in [3.8, 4) is 0 Å². The molecule has 4 nitrogen and oxygen atoms in total. The summed E-state index contributed by atoms with van der Waals surface area (Å²) in [4.78, 5) is 22.4. The molecule has 0 aromatic heterocycles. The fraction of sp³-hybridized carbons (Fsp3) is 0.846. The van der Waals surface area contributed by atoms with Crippen LogP contribution < -0.4 is 5.32 Å². The van der Waals surface area contributed by atoms with Crippen molar-refractivity contribution in [2.45, 2.75) is 58.4 Å². The van der Waals surface area contributed by atoms with Gasteiger partial charge in [0.05, 0.1) is 5.92 Å². The molecule has 1 aliphatic carbocycles. The second-order valence-corrected chi connectivity index (χ2v) is 5.17. The van der Waals surface area contributed by atoms with Gasteiger partial charge in [0.2, 0.25) is 5.91 Å². The predicted octanol–water partition coefficient (Wildman–Crippen LogP) is 2.18. The minimum atomic E-state index is -0.700. The van der Waals surface area contributed by atoms with Crippen LogP contribution in [-0.4, -0.2) is 23.0 Å². The number of carbonyl (C=O) groups is 2. The van der Waals surface area contributed by atoms with Crippen molar-refractivity contribution in [2.24, 2.45) is 11.8 Å². The first-order valence-electron chi connectivity index (χ1n) is 6.55. The number of carbonyl (C=O) groups excluding carboxylic acids is 1. The molecule has 0 spiro atoms. The van der Waals surface area contributed by atoms with E-state index in [0.717, 1.165) is 19.3 Å². The first-order chi connectivity index (χ1) is 8.02. The van der Waals surface area contributed by atoms with Gasteiger partial charge in [0.25, 0.3) is 0 Å². The zero-order chi connectivity index (χ0) is 12.8. The number of aliphatic carboxylic acids is 1. The molecule has 1 saturated carbocycles. The summed E-state index contributed by atoms with van der Waals surface area (Å²) in [5, 5.41) is 11.9. The van der Waals surface area contributed by atoms with Crippen LogP contribution in [0.3, 0.4) is 0 Å².